The molecule has 1 aromatic rings. The zero-order chi connectivity index (χ0) is 12.5. The molecule has 5 heteroatoms. The molecule has 1 aliphatic heterocycles. The molecule has 0 aromatic carbocycles. The van der Waals surface area contributed by atoms with E-state index in [9.17, 15) is 4.79 Å². The molecule has 2 rings (SSSR count). The van der Waals surface area contributed by atoms with Gasteiger partial charge in [0.1, 0.15) is 5.76 Å². The fourth-order valence-electron chi connectivity index (χ4n) is 2.14. The van der Waals surface area contributed by atoms with Crippen molar-refractivity contribution in [2.24, 2.45) is 5.41 Å². The molecule has 0 unspecified atom stereocenters. The van der Waals surface area contributed by atoms with Crippen LogP contribution in [0.5, 0.6) is 0 Å². The summed E-state index contributed by atoms with van der Waals surface area (Å²) in [6, 6.07) is 1.92. The van der Waals surface area contributed by atoms with Gasteiger partial charge >= 0.3 is 5.97 Å². The number of hydrogen-bond acceptors (Lipinski definition) is 4. The topological polar surface area (TPSA) is 66.6 Å². The van der Waals surface area contributed by atoms with Crippen molar-refractivity contribution in [1.82, 2.24) is 10.1 Å². The Morgan fingerprint density at radius 1 is 1.59 bits per heavy atom. The third-order valence-electron chi connectivity index (χ3n) is 3.54. The van der Waals surface area contributed by atoms with Crippen molar-refractivity contribution in [3.05, 3.63) is 17.5 Å². The van der Waals surface area contributed by atoms with E-state index in [1.54, 1.807) is 0 Å². The summed E-state index contributed by atoms with van der Waals surface area (Å²) in [5.41, 5.74) is 0.359. The number of rotatable bonds is 3. The van der Waals surface area contributed by atoms with E-state index in [1.807, 2.05) is 19.9 Å². The van der Waals surface area contributed by atoms with Crippen LogP contribution in [0.1, 0.15) is 31.2 Å². The van der Waals surface area contributed by atoms with Gasteiger partial charge in [0.25, 0.3) is 0 Å². The molecule has 0 saturated carbocycles. The lowest BCUT2D eigenvalue weighted by Crippen LogP contribution is -2.42. The SMILES string of the molecule is Cc1cc(CN2CCC(C)(C(=O)O)CC2)no1. The average Bonchev–Trinajstić information content (AvgIpc) is 2.67. The summed E-state index contributed by atoms with van der Waals surface area (Å²) in [5, 5.41) is 13.1. The fraction of sp³-hybridized carbons (Fsp3) is 0.667. The Hall–Kier alpha value is -1.36. The maximum Gasteiger partial charge on any atom is 0.309 e. The molecule has 1 N–H and O–H groups in total. The van der Waals surface area contributed by atoms with Crippen LogP contribution in [0.4, 0.5) is 0 Å². The second-order valence-electron chi connectivity index (χ2n) is 5.07. The molecule has 1 aliphatic rings. The van der Waals surface area contributed by atoms with Gasteiger partial charge < -0.3 is 9.63 Å². The predicted molar refractivity (Wildman–Crippen MR) is 61.5 cm³/mol. The highest BCUT2D eigenvalue weighted by molar-refractivity contribution is 5.74. The Kier molecular flexibility index (Phi) is 3.19. The standard InChI is InChI=1S/C12H18N2O3/c1-9-7-10(13-17-9)8-14-5-3-12(2,4-6-14)11(15)16/h7H,3-6,8H2,1-2H3,(H,15,16). The summed E-state index contributed by atoms with van der Waals surface area (Å²) in [6.45, 7) is 6.04. The van der Waals surface area contributed by atoms with Crippen LogP contribution in [-0.4, -0.2) is 34.2 Å². The number of piperidine rings is 1. The first kappa shape index (κ1) is 12.1. The average molecular weight is 238 g/mol. The first-order valence-electron chi connectivity index (χ1n) is 5.87. The zero-order valence-electron chi connectivity index (χ0n) is 10.3. The molecule has 0 atom stereocenters. The van der Waals surface area contributed by atoms with E-state index < -0.39 is 11.4 Å². The third-order valence-corrected chi connectivity index (χ3v) is 3.54. The van der Waals surface area contributed by atoms with E-state index in [4.69, 9.17) is 9.63 Å². The normalized spacial score (nSPS) is 20.4. The van der Waals surface area contributed by atoms with Gasteiger partial charge in [0.15, 0.2) is 0 Å². The van der Waals surface area contributed by atoms with Crippen LogP contribution in [0.2, 0.25) is 0 Å². The summed E-state index contributed by atoms with van der Waals surface area (Å²) in [4.78, 5) is 13.3. The van der Waals surface area contributed by atoms with Gasteiger partial charge in [-0.2, -0.15) is 0 Å². The monoisotopic (exact) mass is 238 g/mol. The molecule has 0 radical (unpaired) electrons. The van der Waals surface area contributed by atoms with E-state index in [0.29, 0.717) is 12.8 Å². The van der Waals surface area contributed by atoms with Crippen LogP contribution in [0.3, 0.4) is 0 Å². The van der Waals surface area contributed by atoms with E-state index >= 15 is 0 Å². The highest BCUT2D eigenvalue weighted by Crippen LogP contribution is 2.31. The zero-order valence-corrected chi connectivity index (χ0v) is 10.3. The Labute approximate surface area is 100 Å². The van der Waals surface area contributed by atoms with Crippen molar-refractivity contribution in [1.29, 1.82) is 0 Å². The lowest BCUT2D eigenvalue weighted by molar-refractivity contribution is -0.150. The number of aliphatic carboxylic acids is 1. The molecule has 0 aliphatic carbocycles. The highest BCUT2D eigenvalue weighted by Gasteiger charge is 2.36. The second-order valence-corrected chi connectivity index (χ2v) is 5.07. The molecule has 2 heterocycles. The van der Waals surface area contributed by atoms with Gasteiger partial charge in [-0.05, 0) is 39.8 Å². The summed E-state index contributed by atoms with van der Waals surface area (Å²) >= 11 is 0. The van der Waals surface area contributed by atoms with Crippen LogP contribution >= 0.6 is 0 Å². The summed E-state index contributed by atoms with van der Waals surface area (Å²) in [6.07, 6.45) is 1.39. The predicted octanol–water partition coefficient (Wildman–Crippen LogP) is 1.67. The number of carboxylic acids is 1. The van der Waals surface area contributed by atoms with Gasteiger partial charge in [0.2, 0.25) is 0 Å². The Bertz CT molecular complexity index is 406. The van der Waals surface area contributed by atoms with Crippen molar-refractivity contribution in [2.75, 3.05) is 13.1 Å². The minimum atomic E-state index is -0.686. The molecule has 17 heavy (non-hydrogen) atoms. The first-order chi connectivity index (χ1) is 7.99. The Morgan fingerprint density at radius 3 is 2.71 bits per heavy atom. The number of carbonyl (C=O) groups is 1. The lowest BCUT2D eigenvalue weighted by atomic mass is 9.80. The molecule has 0 amide bonds. The van der Waals surface area contributed by atoms with Crippen LogP contribution in [0.15, 0.2) is 10.6 Å². The van der Waals surface area contributed by atoms with Crippen LogP contribution in [0, 0.1) is 12.3 Å². The van der Waals surface area contributed by atoms with Gasteiger partial charge in [-0.3, -0.25) is 9.69 Å². The van der Waals surface area contributed by atoms with Crippen molar-refractivity contribution in [3.63, 3.8) is 0 Å². The number of aryl methyl sites for hydroxylation is 1. The van der Waals surface area contributed by atoms with Gasteiger partial charge in [-0.1, -0.05) is 5.16 Å². The molecule has 0 spiro atoms. The Balaban J connectivity index is 1.89. The maximum atomic E-state index is 11.1. The van der Waals surface area contributed by atoms with Gasteiger partial charge in [-0.15, -0.1) is 0 Å². The minimum Gasteiger partial charge on any atom is -0.481 e. The van der Waals surface area contributed by atoms with Crippen LogP contribution in [-0.2, 0) is 11.3 Å². The maximum absolute atomic E-state index is 11.1. The molecule has 94 valence electrons. The Morgan fingerprint density at radius 2 is 2.24 bits per heavy atom. The number of likely N-dealkylation sites (tertiary alicyclic amines) is 1. The third kappa shape index (κ3) is 2.66. The van der Waals surface area contributed by atoms with Crippen molar-refractivity contribution >= 4 is 5.97 Å². The lowest BCUT2D eigenvalue weighted by Gasteiger charge is -2.35. The summed E-state index contributed by atoms with van der Waals surface area (Å²) < 4.78 is 5.01. The van der Waals surface area contributed by atoms with Gasteiger partial charge in [0.05, 0.1) is 11.1 Å². The fourth-order valence-corrected chi connectivity index (χ4v) is 2.14. The van der Waals surface area contributed by atoms with Crippen molar-refractivity contribution < 1.29 is 14.4 Å². The van der Waals surface area contributed by atoms with E-state index in [1.165, 1.54) is 0 Å². The largest absolute Gasteiger partial charge is 0.481 e. The molecular weight excluding hydrogens is 220 g/mol. The van der Waals surface area contributed by atoms with Crippen molar-refractivity contribution in [3.8, 4) is 0 Å². The smallest absolute Gasteiger partial charge is 0.309 e. The van der Waals surface area contributed by atoms with Gasteiger partial charge in [-0.25, -0.2) is 0 Å². The van der Waals surface area contributed by atoms with Crippen molar-refractivity contribution in [2.45, 2.75) is 33.2 Å². The van der Waals surface area contributed by atoms with E-state index in [2.05, 4.69) is 10.1 Å². The van der Waals surface area contributed by atoms with E-state index in [-0.39, 0.29) is 0 Å². The molecule has 0 bridgehead atoms. The van der Waals surface area contributed by atoms with Crippen LogP contribution in [0.25, 0.3) is 0 Å². The molecule has 1 fully saturated rings. The van der Waals surface area contributed by atoms with Crippen LogP contribution < -0.4 is 0 Å². The number of hydrogen-bond donors (Lipinski definition) is 1. The second kappa shape index (κ2) is 4.49. The van der Waals surface area contributed by atoms with E-state index in [0.717, 1.165) is 31.1 Å². The highest BCUT2D eigenvalue weighted by atomic mass is 16.5. The summed E-state index contributed by atoms with van der Waals surface area (Å²) in [5.74, 6) is 0.127. The summed E-state index contributed by atoms with van der Waals surface area (Å²) in [7, 11) is 0. The molecular formula is C12H18N2O3. The first-order valence-corrected chi connectivity index (χ1v) is 5.87. The molecule has 1 saturated heterocycles. The molecule has 1 aromatic heterocycles. The minimum absolute atomic E-state index is 0.559. The number of nitrogens with zero attached hydrogens (tertiary/aromatic N) is 2. The molecule has 5 nitrogen and oxygen atoms in total. The van der Waals surface area contributed by atoms with Gasteiger partial charge in [0, 0.05) is 12.6 Å². The quantitative estimate of drug-likeness (QED) is 0.867. The number of aromatic nitrogens is 1. The number of carboxylic acid groups (broad SMARTS) is 1.